The molecule has 6 heteroatoms. The number of halogens is 2. The maximum atomic E-state index is 13.8. The Morgan fingerprint density at radius 1 is 1.25 bits per heavy atom. The van der Waals surface area contributed by atoms with Crippen LogP contribution in [0.1, 0.15) is 30.5 Å². The fourth-order valence-corrected chi connectivity index (χ4v) is 3.36. The molecule has 1 saturated heterocycles. The molecule has 0 saturated carbocycles. The van der Waals surface area contributed by atoms with Gasteiger partial charge in [-0.05, 0) is 50.7 Å². The molecule has 2 aromatic rings. The Kier molecular flexibility index (Phi) is 4.92. The third kappa shape index (κ3) is 3.80. The molecule has 1 aliphatic rings. The van der Waals surface area contributed by atoms with Crippen LogP contribution >= 0.6 is 0 Å². The highest BCUT2D eigenvalue weighted by atomic mass is 19.1. The highest BCUT2D eigenvalue weighted by Crippen LogP contribution is 2.26. The number of aryl methyl sites for hydroxylation is 1. The summed E-state index contributed by atoms with van der Waals surface area (Å²) in [6.07, 6.45) is 3.27. The number of piperidine rings is 1. The minimum Gasteiger partial charge on any atom is -0.368 e. The molecule has 24 heavy (non-hydrogen) atoms. The van der Waals surface area contributed by atoms with E-state index < -0.39 is 11.6 Å². The first kappa shape index (κ1) is 16.6. The number of anilines is 2. The number of hydrogen-bond donors (Lipinski definition) is 1. The summed E-state index contributed by atoms with van der Waals surface area (Å²) in [4.78, 5) is 10.6. The molecule has 0 spiro atoms. The van der Waals surface area contributed by atoms with Crippen LogP contribution in [0.3, 0.4) is 0 Å². The van der Waals surface area contributed by atoms with Crippen molar-refractivity contribution in [1.29, 1.82) is 0 Å². The minimum absolute atomic E-state index is 0.191. The van der Waals surface area contributed by atoms with Crippen LogP contribution in [0.4, 0.5) is 20.5 Å². The van der Waals surface area contributed by atoms with Gasteiger partial charge in [0.15, 0.2) is 0 Å². The van der Waals surface area contributed by atoms with Crippen molar-refractivity contribution in [2.45, 2.75) is 32.6 Å². The van der Waals surface area contributed by atoms with Crippen LogP contribution in [0, 0.1) is 24.5 Å². The van der Waals surface area contributed by atoms with Gasteiger partial charge >= 0.3 is 0 Å². The lowest BCUT2D eigenvalue weighted by atomic mass is 9.91. The van der Waals surface area contributed by atoms with Crippen LogP contribution in [0.2, 0.25) is 0 Å². The predicted octanol–water partition coefficient (Wildman–Crippen LogP) is 3.49. The van der Waals surface area contributed by atoms with Gasteiger partial charge in [0.25, 0.3) is 0 Å². The highest BCUT2D eigenvalue weighted by molar-refractivity contribution is 5.43. The average molecular weight is 332 g/mol. The van der Waals surface area contributed by atoms with Crippen LogP contribution in [-0.4, -0.2) is 23.1 Å². The van der Waals surface area contributed by atoms with Crippen molar-refractivity contribution in [3.05, 3.63) is 47.2 Å². The third-order valence-corrected chi connectivity index (χ3v) is 4.57. The van der Waals surface area contributed by atoms with E-state index in [9.17, 15) is 8.78 Å². The van der Waals surface area contributed by atoms with Gasteiger partial charge in [0.05, 0.1) is 0 Å². The van der Waals surface area contributed by atoms with E-state index in [2.05, 4.69) is 14.9 Å². The van der Waals surface area contributed by atoms with Gasteiger partial charge in [0.1, 0.15) is 17.5 Å². The van der Waals surface area contributed by atoms with Crippen molar-refractivity contribution in [1.82, 2.24) is 9.97 Å². The van der Waals surface area contributed by atoms with Crippen molar-refractivity contribution in [3.63, 3.8) is 0 Å². The van der Waals surface area contributed by atoms with E-state index in [4.69, 9.17) is 5.73 Å². The molecular formula is C18H22F2N4. The van der Waals surface area contributed by atoms with Crippen LogP contribution in [0.25, 0.3) is 0 Å². The maximum absolute atomic E-state index is 13.8. The largest absolute Gasteiger partial charge is 0.368 e. The summed E-state index contributed by atoms with van der Waals surface area (Å²) < 4.78 is 27.5. The van der Waals surface area contributed by atoms with E-state index in [0.717, 1.165) is 43.9 Å². The van der Waals surface area contributed by atoms with Crippen molar-refractivity contribution < 1.29 is 8.78 Å². The lowest BCUT2D eigenvalue weighted by molar-refractivity contribution is 0.385. The van der Waals surface area contributed by atoms with Crippen molar-refractivity contribution in [2.75, 3.05) is 23.7 Å². The van der Waals surface area contributed by atoms with Gasteiger partial charge < -0.3 is 10.6 Å². The molecular weight excluding hydrogens is 310 g/mol. The van der Waals surface area contributed by atoms with E-state index in [-0.39, 0.29) is 11.5 Å². The number of aromatic nitrogens is 2. The standard InChI is InChI=1S/C18H22F2N4/c1-12-10-17(23-18(21)22-12)24-9-3-4-13(11-24)7-8-14-15(19)5-2-6-16(14)20/h2,5-6,10,13H,3-4,7-9,11H2,1H3,(H2,21,22,23). The Morgan fingerprint density at radius 3 is 2.71 bits per heavy atom. The molecule has 1 aliphatic heterocycles. The lowest BCUT2D eigenvalue weighted by Gasteiger charge is -2.33. The smallest absolute Gasteiger partial charge is 0.222 e. The lowest BCUT2D eigenvalue weighted by Crippen LogP contribution is -2.36. The van der Waals surface area contributed by atoms with Gasteiger partial charge in [-0.15, -0.1) is 0 Å². The Hall–Kier alpha value is -2.24. The first-order valence-electron chi connectivity index (χ1n) is 8.32. The summed E-state index contributed by atoms with van der Waals surface area (Å²) in [5.74, 6) is 0.584. The Labute approximate surface area is 140 Å². The molecule has 3 rings (SSSR count). The van der Waals surface area contributed by atoms with E-state index in [1.165, 1.54) is 18.2 Å². The Balaban J connectivity index is 1.65. The van der Waals surface area contributed by atoms with Crippen molar-refractivity contribution >= 4 is 11.8 Å². The normalized spacial score (nSPS) is 18.0. The van der Waals surface area contributed by atoms with E-state index >= 15 is 0 Å². The first-order valence-corrected chi connectivity index (χ1v) is 8.32. The molecule has 0 aliphatic carbocycles. The van der Waals surface area contributed by atoms with E-state index in [1.807, 2.05) is 13.0 Å². The number of nitrogen functional groups attached to an aromatic ring is 1. The van der Waals surface area contributed by atoms with Gasteiger partial charge in [-0.2, -0.15) is 4.98 Å². The molecule has 0 amide bonds. The van der Waals surface area contributed by atoms with Crippen LogP contribution in [-0.2, 0) is 6.42 Å². The average Bonchev–Trinajstić information content (AvgIpc) is 2.54. The Bertz CT molecular complexity index is 680. The van der Waals surface area contributed by atoms with Gasteiger partial charge in [-0.1, -0.05) is 6.07 Å². The Morgan fingerprint density at radius 2 is 2.00 bits per heavy atom. The summed E-state index contributed by atoms with van der Waals surface area (Å²) in [6, 6.07) is 5.96. The molecule has 1 aromatic heterocycles. The topological polar surface area (TPSA) is 55.0 Å². The maximum Gasteiger partial charge on any atom is 0.222 e. The fourth-order valence-electron chi connectivity index (χ4n) is 3.36. The molecule has 0 bridgehead atoms. The summed E-state index contributed by atoms with van der Waals surface area (Å²) in [7, 11) is 0. The highest BCUT2D eigenvalue weighted by Gasteiger charge is 2.22. The zero-order valence-corrected chi connectivity index (χ0v) is 13.8. The number of nitrogens with two attached hydrogens (primary N) is 1. The second kappa shape index (κ2) is 7.11. The molecule has 1 atom stereocenters. The molecule has 4 nitrogen and oxygen atoms in total. The summed E-state index contributed by atoms with van der Waals surface area (Å²) >= 11 is 0. The summed E-state index contributed by atoms with van der Waals surface area (Å²) in [5, 5.41) is 0. The fraction of sp³-hybridized carbons (Fsp3) is 0.444. The summed E-state index contributed by atoms with van der Waals surface area (Å²) in [6.45, 7) is 3.64. The second-order valence-corrected chi connectivity index (χ2v) is 6.42. The summed E-state index contributed by atoms with van der Waals surface area (Å²) in [5.41, 5.74) is 6.77. The van der Waals surface area contributed by atoms with Gasteiger partial charge in [0.2, 0.25) is 5.95 Å². The molecule has 1 aromatic carbocycles. The molecule has 0 radical (unpaired) electrons. The van der Waals surface area contributed by atoms with Gasteiger partial charge in [0, 0.05) is 30.4 Å². The number of benzene rings is 1. The number of rotatable bonds is 4. The van der Waals surface area contributed by atoms with Crippen LogP contribution in [0.5, 0.6) is 0 Å². The van der Waals surface area contributed by atoms with Crippen LogP contribution in [0.15, 0.2) is 24.3 Å². The van der Waals surface area contributed by atoms with Gasteiger partial charge in [-0.25, -0.2) is 13.8 Å². The first-order chi connectivity index (χ1) is 11.5. The number of hydrogen-bond acceptors (Lipinski definition) is 4. The SMILES string of the molecule is Cc1cc(N2CCCC(CCc3c(F)cccc3F)C2)nc(N)n1. The van der Waals surface area contributed by atoms with E-state index in [1.54, 1.807) is 0 Å². The zero-order chi connectivity index (χ0) is 17.1. The monoisotopic (exact) mass is 332 g/mol. The van der Waals surface area contributed by atoms with E-state index in [0.29, 0.717) is 12.3 Å². The second-order valence-electron chi connectivity index (χ2n) is 6.42. The number of nitrogens with zero attached hydrogens (tertiary/aromatic N) is 3. The quantitative estimate of drug-likeness (QED) is 0.931. The van der Waals surface area contributed by atoms with Crippen molar-refractivity contribution in [3.8, 4) is 0 Å². The molecule has 128 valence electrons. The zero-order valence-electron chi connectivity index (χ0n) is 13.8. The molecule has 1 unspecified atom stereocenters. The third-order valence-electron chi connectivity index (χ3n) is 4.57. The van der Waals surface area contributed by atoms with Gasteiger partial charge in [-0.3, -0.25) is 0 Å². The molecule has 1 fully saturated rings. The predicted molar refractivity (Wildman–Crippen MR) is 90.8 cm³/mol. The van der Waals surface area contributed by atoms with Crippen LogP contribution < -0.4 is 10.6 Å². The molecule has 2 heterocycles. The molecule has 2 N–H and O–H groups in total. The van der Waals surface area contributed by atoms with Crippen molar-refractivity contribution in [2.24, 2.45) is 5.92 Å². The minimum atomic E-state index is -0.457.